The Morgan fingerprint density at radius 1 is 1.08 bits per heavy atom. The van der Waals surface area contributed by atoms with E-state index < -0.39 is 0 Å². The van der Waals surface area contributed by atoms with E-state index in [1.807, 2.05) is 6.92 Å². The van der Waals surface area contributed by atoms with Crippen molar-refractivity contribution >= 4 is 5.91 Å². The smallest absolute Gasteiger partial charge is 0.257 e. The highest BCUT2D eigenvalue weighted by molar-refractivity contribution is 5.78. The number of halogens is 1. The molecule has 7 heteroatoms. The van der Waals surface area contributed by atoms with E-state index in [0.29, 0.717) is 23.2 Å². The Kier molecular flexibility index (Phi) is 7.75. The molecule has 0 spiro atoms. The van der Waals surface area contributed by atoms with Gasteiger partial charge in [-0.25, -0.2) is 4.39 Å². The van der Waals surface area contributed by atoms with E-state index in [9.17, 15) is 9.18 Å². The molecule has 0 radical (unpaired) electrons. The average molecular weight is 491 g/mol. The number of benzene rings is 2. The third-order valence-corrected chi connectivity index (χ3v) is 7.75. The number of aromatic nitrogens is 2. The summed E-state index contributed by atoms with van der Waals surface area (Å²) >= 11 is 0. The van der Waals surface area contributed by atoms with Gasteiger partial charge in [0.15, 0.2) is 5.82 Å². The number of fused-ring (bicyclic) bond motifs is 1. The lowest BCUT2D eigenvalue weighted by molar-refractivity contribution is -0.121. The zero-order valence-corrected chi connectivity index (χ0v) is 21.0. The standard InChI is InChI=1S/C29H35FN4O2/c1-20-31-29(36-33-20)25-9-8-22-13-16-34(17-14-23(22)18-25)15-12-21-6-10-26(11-7-21)32-28(35)19-24-4-2-3-5-27(24)30/h2-5,8-9,18,21,26H,6-7,10-17,19H2,1H3,(H,32,35). The Labute approximate surface area is 212 Å². The summed E-state index contributed by atoms with van der Waals surface area (Å²) in [5.74, 6) is 1.57. The third-order valence-electron chi connectivity index (χ3n) is 7.75. The summed E-state index contributed by atoms with van der Waals surface area (Å²) in [6, 6.07) is 13.2. The molecule has 3 aromatic rings. The van der Waals surface area contributed by atoms with Crippen LogP contribution in [0.5, 0.6) is 0 Å². The molecule has 0 unspecified atom stereocenters. The van der Waals surface area contributed by atoms with Crippen molar-refractivity contribution in [3.63, 3.8) is 0 Å². The van der Waals surface area contributed by atoms with Gasteiger partial charge < -0.3 is 14.7 Å². The van der Waals surface area contributed by atoms with Crippen molar-refractivity contribution in [3.8, 4) is 11.5 Å². The second-order valence-corrected chi connectivity index (χ2v) is 10.3. The molecule has 5 rings (SSSR count). The fourth-order valence-corrected chi connectivity index (χ4v) is 5.60. The van der Waals surface area contributed by atoms with E-state index in [0.717, 1.165) is 63.7 Å². The van der Waals surface area contributed by atoms with Crippen molar-refractivity contribution in [1.82, 2.24) is 20.4 Å². The number of carbonyl (C=O) groups is 1. The zero-order chi connectivity index (χ0) is 24.9. The van der Waals surface area contributed by atoms with Gasteiger partial charge in [0.05, 0.1) is 6.42 Å². The van der Waals surface area contributed by atoms with Gasteiger partial charge in [-0.3, -0.25) is 4.79 Å². The second-order valence-electron chi connectivity index (χ2n) is 10.3. The largest absolute Gasteiger partial charge is 0.353 e. The maximum atomic E-state index is 13.8. The molecular formula is C29H35FN4O2. The van der Waals surface area contributed by atoms with Crippen LogP contribution >= 0.6 is 0 Å². The van der Waals surface area contributed by atoms with Crippen LogP contribution in [-0.2, 0) is 24.1 Å². The summed E-state index contributed by atoms with van der Waals surface area (Å²) in [7, 11) is 0. The fraction of sp³-hybridized carbons (Fsp3) is 0.483. The molecule has 2 heterocycles. The third kappa shape index (κ3) is 6.19. The maximum absolute atomic E-state index is 13.8. The van der Waals surface area contributed by atoms with Gasteiger partial charge in [0.25, 0.3) is 5.89 Å². The van der Waals surface area contributed by atoms with E-state index in [-0.39, 0.29) is 24.2 Å². The summed E-state index contributed by atoms with van der Waals surface area (Å²) in [6.45, 7) is 5.12. The molecule has 6 nitrogen and oxygen atoms in total. The van der Waals surface area contributed by atoms with E-state index in [1.165, 1.54) is 23.6 Å². The molecule has 2 aromatic carbocycles. The first-order chi connectivity index (χ1) is 17.5. The predicted octanol–water partition coefficient (Wildman–Crippen LogP) is 4.89. The monoisotopic (exact) mass is 490 g/mol. The number of rotatable bonds is 7. The Balaban J connectivity index is 1.04. The Morgan fingerprint density at radius 3 is 2.61 bits per heavy atom. The molecule has 0 atom stereocenters. The van der Waals surface area contributed by atoms with Crippen LogP contribution in [0.2, 0.25) is 0 Å². The van der Waals surface area contributed by atoms with Crippen LogP contribution in [0, 0.1) is 18.7 Å². The molecule has 1 aromatic heterocycles. The fourth-order valence-electron chi connectivity index (χ4n) is 5.60. The summed E-state index contributed by atoms with van der Waals surface area (Å²) in [6.07, 6.45) is 7.74. The lowest BCUT2D eigenvalue weighted by Gasteiger charge is -2.30. The highest BCUT2D eigenvalue weighted by Gasteiger charge is 2.24. The zero-order valence-electron chi connectivity index (χ0n) is 21.0. The molecule has 2 aliphatic rings. The number of hydrogen-bond acceptors (Lipinski definition) is 5. The predicted molar refractivity (Wildman–Crippen MR) is 137 cm³/mol. The average Bonchev–Trinajstić information content (AvgIpc) is 3.21. The maximum Gasteiger partial charge on any atom is 0.257 e. The van der Waals surface area contributed by atoms with Crippen molar-refractivity contribution in [2.24, 2.45) is 5.92 Å². The van der Waals surface area contributed by atoms with Crippen molar-refractivity contribution in [2.45, 2.75) is 64.3 Å². The van der Waals surface area contributed by atoms with Gasteiger partial charge >= 0.3 is 0 Å². The van der Waals surface area contributed by atoms with E-state index in [2.05, 4.69) is 38.6 Å². The van der Waals surface area contributed by atoms with Crippen molar-refractivity contribution in [2.75, 3.05) is 19.6 Å². The van der Waals surface area contributed by atoms with E-state index in [1.54, 1.807) is 18.2 Å². The Hall–Kier alpha value is -3.06. The minimum atomic E-state index is -0.310. The molecule has 36 heavy (non-hydrogen) atoms. The Morgan fingerprint density at radius 2 is 1.86 bits per heavy atom. The molecule has 0 saturated heterocycles. The number of aryl methyl sites for hydroxylation is 1. The highest BCUT2D eigenvalue weighted by atomic mass is 19.1. The second kappa shape index (κ2) is 11.3. The molecule has 1 aliphatic carbocycles. The van der Waals surface area contributed by atoms with Gasteiger partial charge in [0, 0.05) is 24.7 Å². The first kappa shape index (κ1) is 24.6. The van der Waals surface area contributed by atoms with Crippen LogP contribution in [-0.4, -0.2) is 46.6 Å². The van der Waals surface area contributed by atoms with Gasteiger partial charge in [0.2, 0.25) is 5.91 Å². The molecule has 1 N–H and O–H groups in total. The van der Waals surface area contributed by atoms with Crippen molar-refractivity contribution in [3.05, 3.63) is 70.8 Å². The molecule has 190 valence electrons. The van der Waals surface area contributed by atoms with Gasteiger partial charge in [-0.1, -0.05) is 29.4 Å². The Bertz CT molecular complexity index is 1190. The number of hydrogen-bond donors (Lipinski definition) is 1. The SMILES string of the molecule is Cc1noc(-c2ccc3c(c2)CCN(CCC2CCC(NC(=O)Cc4ccccc4F)CC2)CC3)n1. The number of amides is 1. The minimum absolute atomic E-state index is 0.0786. The van der Waals surface area contributed by atoms with E-state index >= 15 is 0 Å². The topological polar surface area (TPSA) is 71.3 Å². The van der Waals surface area contributed by atoms with Crippen LogP contribution in [0.1, 0.15) is 54.6 Å². The highest BCUT2D eigenvalue weighted by Crippen LogP contribution is 2.28. The summed E-state index contributed by atoms with van der Waals surface area (Å²) < 4.78 is 19.2. The van der Waals surface area contributed by atoms with Gasteiger partial charge in [0.1, 0.15) is 5.82 Å². The van der Waals surface area contributed by atoms with Crippen LogP contribution in [0.3, 0.4) is 0 Å². The summed E-state index contributed by atoms with van der Waals surface area (Å²) in [5, 5.41) is 7.04. The van der Waals surface area contributed by atoms with Crippen LogP contribution < -0.4 is 5.32 Å². The molecule has 0 bridgehead atoms. The summed E-state index contributed by atoms with van der Waals surface area (Å²) in [5.41, 5.74) is 4.27. The lowest BCUT2D eigenvalue weighted by atomic mass is 9.84. The van der Waals surface area contributed by atoms with Crippen molar-refractivity contribution in [1.29, 1.82) is 0 Å². The first-order valence-corrected chi connectivity index (χ1v) is 13.2. The van der Waals surface area contributed by atoms with Gasteiger partial charge in [-0.15, -0.1) is 0 Å². The number of nitrogens with zero attached hydrogens (tertiary/aromatic N) is 3. The lowest BCUT2D eigenvalue weighted by Crippen LogP contribution is -2.39. The first-order valence-electron chi connectivity index (χ1n) is 13.2. The molecule has 1 fully saturated rings. The number of nitrogens with one attached hydrogen (secondary N) is 1. The summed E-state index contributed by atoms with van der Waals surface area (Å²) in [4.78, 5) is 19.3. The molecular weight excluding hydrogens is 455 g/mol. The molecule has 1 aliphatic heterocycles. The van der Waals surface area contributed by atoms with Crippen LogP contribution in [0.4, 0.5) is 4.39 Å². The minimum Gasteiger partial charge on any atom is -0.353 e. The van der Waals surface area contributed by atoms with Crippen LogP contribution in [0.15, 0.2) is 47.0 Å². The number of carbonyl (C=O) groups excluding carboxylic acids is 1. The van der Waals surface area contributed by atoms with Gasteiger partial charge in [-0.05, 0) is 99.2 Å². The normalized spacial score (nSPS) is 20.5. The van der Waals surface area contributed by atoms with Gasteiger partial charge in [-0.2, -0.15) is 4.98 Å². The van der Waals surface area contributed by atoms with Crippen molar-refractivity contribution < 1.29 is 13.7 Å². The molecule has 1 saturated carbocycles. The van der Waals surface area contributed by atoms with Crippen LogP contribution in [0.25, 0.3) is 11.5 Å². The van der Waals surface area contributed by atoms with E-state index in [4.69, 9.17) is 4.52 Å². The quantitative estimate of drug-likeness (QED) is 0.511. The molecule has 1 amide bonds.